The Balaban J connectivity index is 2.09. The van der Waals surface area contributed by atoms with Crippen LogP contribution in [-0.4, -0.2) is 16.4 Å². The number of hydrogen-bond acceptors (Lipinski definition) is 3. The van der Waals surface area contributed by atoms with Crippen molar-refractivity contribution in [1.29, 1.82) is 0 Å². The minimum absolute atomic E-state index is 0.0532. The lowest BCUT2D eigenvalue weighted by Gasteiger charge is -2.08. The van der Waals surface area contributed by atoms with Crippen LogP contribution in [0.2, 0.25) is 0 Å². The van der Waals surface area contributed by atoms with Crippen molar-refractivity contribution < 1.29 is 18.0 Å². The molecule has 0 bridgehead atoms. The van der Waals surface area contributed by atoms with Crippen molar-refractivity contribution in [2.45, 2.75) is 10.4 Å². The van der Waals surface area contributed by atoms with Gasteiger partial charge in [0.1, 0.15) is 4.64 Å². The zero-order valence-electron chi connectivity index (χ0n) is 10.4. The van der Waals surface area contributed by atoms with Gasteiger partial charge in [0, 0.05) is 16.8 Å². The van der Waals surface area contributed by atoms with Crippen molar-refractivity contribution in [1.82, 2.24) is 4.98 Å². The van der Waals surface area contributed by atoms with Gasteiger partial charge in [0.2, 0.25) is 0 Å². The largest absolute Gasteiger partial charge is 0.446 e. The van der Waals surface area contributed by atoms with Gasteiger partial charge in [0.15, 0.2) is 0 Å². The van der Waals surface area contributed by atoms with Crippen LogP contribution >= 0.6 is 24.0 Å². The molecule has 0 saturated carbocycles. The van der Waals surface area contributed by atoms with Crippen molar-refractivity contribution in [3.63, 3.8) is 0 Å². The van der Waals surface area contributed by atoms with E-state index in [2.05, 4.69) is 10.3 Å². The normalized spacial score (nSPS) is 11.2. The molecule has 0 saturated heterocycles. The van der Waals surface area contributed by atoms with Crippen molar-refractivity contribution in [3.05, 3.63) is 52.8 Å². The van der Waals surface area contributed by atoms with Crippen LogP contribution in [-0.2, 0) is 0 Å². The average Bonchev–Trinajstić information content (AvgIpc) is 2.40. The molecule has 8 heteroatoms. The van der Waals surface area contributed by atoms with Crippen LogP contribution in [0.5, 0.6) is 0 Å². The molecule has 1 heterocycles. The minimum atomic E-state index is -4.33. The molecule has 0 aliphatic rings. The van der Waals surface area contributed by atoms with Crippen molar-refractivity contribution in [3.8, 4) is 0 Å². The first-order valence-electron chi connectivity index (χ1n) is 5.70. The number of hydrogen-bond donors (Lipinski definition) is 2. The van der Waals surface area contributed by atoms with E-state index in [1.807, 2.05) is 0 Å². The van der Waals surface area contributed by atoms with Gasteiger partial charge in [-0.15, -0.1) is 0 Å². The molecule has 0 spiro atoms. The van der Waals surface area contributed by atoms with Gasteiger partial charge in [-0.25, -0.2) is 0 Å². The fraction of sp³-hybridized carbons (Fsp3) is 0.0769. The van der Waals surface area contributed by atoms with E-state index in [-0.39, 0.29) is 16.7 Å². The summed E-state index contributed by atoms with van der Waals surface area (Å²) in [5.74, 6) is -0.423. The zero-order valence-corrected chi connectivity index (χ0v) is 12.0. The van der Waals surface area contributed by atoms with Crippen LogP contribution in [0, 0.1) is 4.64 Å². The van der Waals surface area contributed by atoms with E-state index in [9.17, 15) is 18.0 Å². The van der Waals surface area contributed by atoms with E-state index >= 15 is 0 Å². The number of H-pyrrole nitrogens is 1. The van der Waals surface area contributed by atoms with Gasteiger partial charge in [0.25, 0.3) is 5.91 Å². The first kappa shape index (κ1) is 15.6. The standard InChI is InChI=1S/C13H9F3N2OS2/c14-13(15,16)21-9-5-3-8(4-6-9)18-11(19)10-2-1-7-17-12(10)20/h1-7H,(H,17,20)(H,18,19). The molecule has 1 aromatic heterocycles. The molecule has 0 fully saturated rings. The van der Waals surface area contributed by atoms with E-state index in [0.717, 1.165) is 0 Å². The molecular weight excluding hydrogens is 321 g/mol. The number of carbonyl (C=O) groups is 1. The van der Waals surface area contributed by atoms with Crippen LogP contribution in [0.15, 0.2) is 47.5 Å². The second-order valence-corrected chi connectivity index (χ2v) is 5.49. The summed E-state index contributed by atoms with van der Waals surface area (Å²) in [5, 5.41) is 2.57. The van der Waals surface area contributed by atoms with Crippen LogP contribution < -0.4 is 5.32 Å². The van der Waals surface area contributed by atoms with Gasteiger partial charge in [-0.3, -0.25) is 4.79 Å². The van der Waals surface area contributed by atoms with Crippen LogP contribution in [0.3, 0.4) is 0 Å². The highest BCUT2D eigenvalue weighted by molar-refractivity contribution is 8.00. The number of carbonyl (C=O) groups excluding carboxylic acids is 1. The summed E-state index contributed by atoms with van der Waals surface area (Å²) >= 11 is 4.77. The molecule has 0 atom stereocenters. The molecule has 0 unspecified atom stereocenters. The van der Waals surface area contributed by atoms with Gasteiger partial charge in [-0.1, -0.05) is 12.2 Å². The summed E-state index contributed by atoms with van der Waals surface area (Å²) in [6.07, 6.45) is 1.60. The Hall–Kier alpha value is -1.80. The highest BCUT2D eigenvalue weighted by atomic mass is 32.2. The van der Waals surface area contributed by atoms with Gasteiger partial charge >= 0.3 is 5.51 Å². The van der Waals surface area contributed by atoms with Crippen molar-refractivity contribution in [2.24, 2.45) is 0 Å². The summed E-state index contributed by atoms with van der Waals surface area (Å²) in [4.78, 5) is 14.7. The fourth-order valence-corrected chi connectivity index (χ4v) is 2.31. The molecular formula is C13H9F3N2OS2. The summed E-state index contributed by atoms with van der Waals surface area (Å²) in [6.45, 7) is 0. The number of amides is 1. The van der Waals surface area contributed by atoms with Gasteiger partial charge in [-0.05, 0) is 48.2 Å². The van der Waals surface area contributed by atoms with E-state index in [1.54, 1.807) is 18.3 Å². The van der Waals surface area contributed by atoms with Gasteiger partial charge < -0.3 is 10.3 Å². The predicted octanol–water partition coefficient (Wildman–Crippen LogP) is 4.61. The molecule has 2 aromatic rings. The summed E-state index contributed by atoms with van der Waals surface area (Å²) in [6, 6.07) is 8.58. The van der Waals surface area contributed by atoms with Crippen molar-refractivity contribution >= 4 is 35.6 Å². The molecule has 21 heavy (non-hydrogen) atoms. The first-order valence-corrected chi connectivity index (χ1v) is 6.92. The smallest absolute Gasteiger partial charge is 0.352 e. The quantitative estimate of drug-likeness (QED) is 0.638. The lowest BCUT2D eigenvalue weighted by Crippen LogP contribution is -2.12. The molecule has 2 N–H and O–H groups in total. The van der Waals surface area contributed by atoms with Crippen LogP contribution in [0.4, 0.5) is 18.9 Å². The Kier molecular flexibility index (Phi) is 4.69. The highest BCUT2D eigenvalue weighted by Gasteiger charge is 2.29. The Labute approximate surface area is 127 Å². The maximum atomic E-state index is 12.2. The van der Waals surface area contributed by atoms with E-state index in [4.69, 9.17) is 12.2 Å². The minimum Gasteiger partial charge on any atom is -0.352 e. The van der Waals surface area contributed by atoms with E-state index in [0.29, 0.717) is 15.9 Å². The maximum absolute atomic E-state index is 12.2. The Morgan fingerprint density at radius 3 is 2.43 bits per heavy atom. The molecule has 0 aliphatic carbocycles. The second kappa shape index (κ2) is 6.31. The predicted molar refractivity (Wildman–Crippen MR) is 77.9 cm³/mol. The second-order valence-electron chi connectivity index (χ2n) is 3.94. The Morgan fingerprint density at radius 2 is 1.86 bits per heavy atom. The Bertz CT molecular complexity index is 696. The fourth-order valence-electron chi connectivity index (χ4n) is 1.54. The number of benzene rings is 1. The number of halogens is 3. The number of aromatic amines is 1. The van der Waals surface area contributed by atoms with E-state index < -0.39 is 11.4 Å². The van der Waals surface area contributed by atoms with E-state index in [1.165, 1.54) is 24.3 Å². The average molecular weight is 330 g/mol. The molecule has 3 nitrogen and oxygen atoms in total. The summed E-state index contributed by atoms with van der Waals surface area (Å²) in [5.41, 5.74) is -3.65. The highest BCUT2D eigenvalue weighted by Crippen LogP contribution is 2.37. The molecule has 0 aliphatic heterocycles. The monoisotopic (exact) mass is 330 g/mol. The summed E-state index contributed by atoms with van der Waals surface area (Å²) < 4.78 is 36.9. The third kappa shape index (κ3) is 4.61. The lowest BCUT2D eigenvalue weighted by atomic mass is 10.2. The molecule has 110 valence electrons. The molecule has 0 radical (unpaired) electrons. The number of rotatable bonds is 3. The molecule has 1 aromatic carbocycles. The lowest BCUT2D eigenvalue weighted by molar-refractivity contribution is -0.0328. The first-order chi connectivity index (χ1) is 9.85. The third-order valence-corrected chi connectivity index (χ3v) is 3.49. The molecule has 1 amide bonds. The van der Waals surface area contributed by atoms with Gasteiger partial charge in [0.05, 0.1) is 5.56 Å². The maximum Gasteiger partial charge on any atom is 0.446 e. The number of aromatic nitrogens is 1. The van der Waals surface area contributed by atoms with Crippen LogP contribution in [0.25, 0.3) is 0 Å². The number of alkyl halides is 3. The van der Waals surface area contributed by atoms with Crippen molar-refractivity contribution in [2.75, 3.05) is 5.32 Å². The number of nitrogens with one attached hydrogen (secondary N) is 2. The molecule has 2 rings (SSSR count). The topological polar surface area (TPSA) is 44.9 Å². The zero-order chi connectivity index (χ0) is 15.5. The number of thioether (sulfide) groups is 1. The third-order valence-electron chi connectivity index (χ3n) is 2.41. The van der Waals surface area contributed by atoms with Crippen LogP contribution in [0.1, 0.15) is 10.4 Å². The Morgan fingerprint density at radius 1 is 1.19 bits per heavy atom. The number of anilines is 1. The number of pyridine rings is 1. The SMILES string of the molecule is O=C(Nc1ccc(SC(F)(F)F)cc1)c1ccc[nH]c1=S. The summed E-state index contributed by atoms with van der Waals surface area (Å²) in [7, 11) is 0. The van der Waals surface area contributed by atoms with Gasteiger partial charge in [-0.2, -0.15) is 13.2 Å².